The average molecular weight is 1350 g/mol. The molecule has 3 unspecified atom stereocenters. The molecule has 1 fully saturated rings. The van der Waals surface area contributed by atoms with E-state index in [0.717, 1.165) is 17.2 Å². The summed E-state index contributed by atoms with van der Waals surface area (Å²) in [6.07, 6.45) is 4.16. The van der Waals surface area contributed by atoms with Crippen LogP contribution in [0.25, 0.3) is 16.8 Å². The van der Waals surface area contributed by atoms with E-state index in [1.165, 1.54) is 52.3 Å². The number of rotatable bonds is 29. The number of methoxy groups -OCH3 is 1. The van der Waals surface area contributed by atoms with Crippen molar-refractivity contribution in [2.45, 2.75) is 123 Å². The number of halogens is 1. The number of aryl methyl sites for hydroxylation is 1. The van der Waals surface area contributed by atoms with Gasteiger partial charge in [-0.3, -0.25) is 28.3 Å². The van der Waals surface area contributed by atoms with Crippen molar-refractivity contribution in [1.29, 1.82) is 0 Å². The fraction of sp³-hybridized carbons (Fsp3) is 0.522. The number of fused-ring (bicyclic) bond motifs is 4. The lowest BCUT2D eigenvalue weighted by atomic mass is 9.88. The number of aliphatic hydroxyl groups is 3. The van der Waals surface area contributed by atoms with E-state index in [4.69, 9.17) is 55.2 Å². The quantitative estimate of drug-likeness (QED) is 0.0157. The van der Waals surface area contributed by atoms with Crippen molar-refractivity contribution < 1.29 is 79.2 Å². The predicted octanol–water partition coefficient (Wildman–Crippen LogP) is 7.09. The van der Waals surface area contributed by atoms with Crippen LogP contribution in [0.5, 0.6) is 23.0 Å². The molecule has 3 heterocycles. The zero-order valence-electron chi connectivity index (χ0n) is 54.8. The number of hydrogen-bond donors (Lipinski definition) is 5. The van der Waals surface area contributed by atoms with Crippen LogP contribution in [-0.4, -0.2) is 176 Å². The van der Waals surface area contributed by atoms with E-state index in [1.54, 1.807) is 42.6 Å². The third kappa shape index (κ3) is 18.4. The molecule has 3 aliphatic heterocycles. The minimum absolute atomic E-state index is 0.0225. The first-order chi connectivity index (χ1) is 43.6. The molecular formula is C67H89ClN6O17S2. The second-order valence-corrected chi connectivity index (χ2v) is 30.5. The smallest absolute Gasteiger partial charge is 0.497 e. The number of ether oxygens (including phenoxy) is 5. The number of benzene rings is 4. The third-order valence-electron chi connectivity index (χ3n) is 16.4. The summed E-state index contributed by atoms with van der Waals surface area (Å²) in [5, 5.41) is 33.5. The second-order valence-electron chi connectivity index (χ2n) is 27.7. The van der Waals surface area contributed by atoms with Crippen molar-refractivity contribution in [2.75, 3.05) is 90.4 Å². The van der Waals surface area contributed by atoms with Crippen molar-refractivity contribution >= 4 is 79.0 Å². The Morgan fingerprint density at radius 2 is 1.49 bits per heavy atom. The highest BCUT2D eigenvalue weighted by molar-refractivity contribution is 7.84. The highest BCUT2D eigenvalue weighted by Gasteiger charge is 2.41. The molecule has 4 aliphatic rings. The van der Waals surface area contributed by atoms with Crippen LogP contribution in [0, 0.1) is 21.7 Å². The molecule has 4 aromatic rings. The first-order valence-electron chi connectivity index (χ1n) is 30.8. The van der Waals surface area contributed by atoms with Crippen molar-refractivity contribution in [3.8, 4) is 23.0 Å². The number of nitrogens with two attached hydrogens (primary N) is 2. The summed E-state index contributed by atoms with van der Waals surface area (Å²) in [7, 11) is -3.41. The fourth-order valence-corrected chi connectivity index (χ4v) is 13.7. The van der Waals surface area contributed by atoms with Crippen molar-refractivity contribution in [2.24, 2.45) is 33.2 Å². The lowest BCUT2D eigenvalue weighted by Crippen LogP contribution is -2.51. The Morgan fingerprint density at radius 3 is 2.15 bits per heavy atom. The summed E-state index contributed by atoms with van der Waals surface area (Å²) in [5.41, 5.74) is 8.39. The number of allylic oxidation sites excluding steroid dienone is 1. The Balaban J connectivity index is 0.962. The largest absolute Gasteiger partial charge is 0.501 e. The van der Waals surface area contributed by atoms with Crippen molar-refractivity contribution in [3.63, 3.8) is 0 Å². The van der Waals surface area contributed by atoms with Gasteiger partial charge in [-0.1, -0.05) is 61.5 Å². The molecule has 93 heavy (non-hydrogen) atoms. The van der Waals surface area contributed by atoms with Gasteiger partial charge in [-0.2, -0.15) is 0 Å². The van der Waals surface area contributed by atoms with Crippen LogP contribution in [0.15, 0.2) is 95.2 Å². The van der Waals surface area contributed by atoms with Crippen LogP contribution in [0.2, 0.25) is 0 Å². The summed E-state index contributed by atoms with van der Waals surface area (Å²) in [5.74, 6) is 4.08. The molecule has 8 rings (SSSR count). The average Bonchev–Trinajstić information content (AvgIpc) is 1.65. The fourth-order valence-electron chi connectivity index (χ4n) is 12.2. The lowest BCUT2D eigenvalue weighted by molar-refractivity contribution is -0.230. The van der Waals surface area contributed by atoms with Gasteiger partial charge in [0.05, 0.1) is 51.9 Å². The molecule has 1 aliphatic carbocycles. The van der Waals surface area contributed by atoms with Gasteiger partial charge >= 0.3 is 10.4 Å². The molecule has 26 heteroatoms. The number of hydrogen-bond acceptors (Lipinski definition) is 20. The van der Waals surface area contributed by atoms with Crippen LogP contribution in [-0.2, 0) is 56.2 Å². The molecule has 23 nitrogen and oxygen atoms in total. The van der Waals surface area contributed by atoms with Crippen LogP contribution >= 0.6 is 11.6 Å². The van der Waals surface area contributed by atoms with Gasteiger partial charge in [-0.05, 0) is 108 Å². The Hall–Kier alpha value is -6.65. The normalized spacial score (nSPS) is 20.1. The molecule has 4 amide bonds. The molecule has 0 bridgehead atoms. The number of carbonyl (C=O) groups is 4. The van der Waals surface area contributed by atoms with E-state index in [9.17, 15) is 47.1 Å². The maximum Gasteiger partial charge on any atom is 0.501 e. The monoisotopic (exact) mass is 1350 g/mol. The highest BCUT2D eigenvalue weighted by atomic mass is 35.5. The third-order valence-corrected chi connectivity index (χ3v) is 18.5. The molecule has 508 valence electrons. The van der Waals surface area contributed by atoms with Gasteiger partial charge in [0.2, 0.25) is 6.29 Å². The predicted molar refractivity (Wildman–Crippen MR) is 353 cm³/mol. The first-order valence-corrected chi connectivity index (χ1v) is 34.2. The van der Waals surface area contributed by atoms with Crippen LogP contribution in [0.3, 0.4) is 0 Å². The number of amides is 4. The molecule has 6 atom stereocenters. The standard InChI is InChI=1S/C67H89ClN6O17S2/c1-64(2,37-86-40-67(7,8)36-74-57(77)21-22-58(74)78)29-46(69)32-72(70)35-66(5,6)39-87-38-65(3,4)34-71(9)62(80)43-16-20-53(88-59-28-52(76)61(79)56(33-75)89-59)55(25-43)91-93(83,84)90-54-27-51-60(50-26-47(85-10)17-19-49(50)54)45(30-68)31-73(51)63(81)42-14-12-13-41-15-18-48(92(11)82)24-44(41)23-42/h15-27,32,45,52,56,59,61,75-76,79H,12-14,28-31,33-40,69-70H2,1-11H3/b46-32-/t45?,52?,56-,59-,61-,92?/m1/s1. The molecule has 0 radical (unpaired) electrons. The molecule has 0 saturated carbocycles. The molecule has 7 N–H and O–H groups in total. The van der Waals surface area contributed by atoms with Crippen molar-refractivity contribution in [1.82, 2.24) is 14.8 Å². The van der Waals surface area contributed by atoms with E-state index < -0.39 is 86.2 Å². The summed E-state index contributed by atoms with van der Waals surface area (Å²) in [6, 6.07) is 15.9. The number of carbonyl (C=O) groups excluding carboxylic acids is 4. The van der Waals surface area contributed by atoms with Crippen LogP contribution in [0.4, 0.5) is 5.69 Å². The molecule has 0 spiro atoms. The van der Waals surface area contributed by atoms with E-state index in [2.05, 4.69) is 0 Å². The molecule has 4 aromatic carbocycles. The van der Waals surface area contributed by atoms with Crippen LogP contribution < -0.4 is 34.3 Å². The topological polar surface area (TPSA) is 310 Å². The van der Waals surface area contributed by atoms with Gasteiger partial charge in [-0.15, -0.1) is 20.0 Å². The van der Waals surface area contributed by atoms with Crippen molar-refractivity contribution in [3.05, 3.63) is 113 Å². The Bertz CT molecular complexity index is 3670. The summed E-state index contributed by atoms with van der Waals surface area (Å²) < 4.78 is 83.2. The van der Waals surface area contributed by atoms with E-state index in [-0.39, 0.29) is 85.3 Å². The number of hydrazine groups is 1. The molecular weight excluding hydrogens is 1260 g/mol. The Kier molecular flexibility index (Phi) is 22.9. The van der Waals surface area contributed by atoms with Gasteiger partial charge in [0.15, 0.2) is 17.2 Å². The number of aliphatic hydroxyl groups excluding tert-OH is 3. The highest BCUT2D eigenvalue weighted by Crippen LogP contribution is 2.48. The maximum atomic E-state index is 14.9. The minimum Gasteiger partial charge on any atom is -0.497 e. The Labute approximate surface area is 552 Å². The summed E-state index contributed by atoms with van der Waals surface area (Å²) in [6.45, 7) is 17.2. The number of imide groups is 1. The zero-order chi connectivity index (χ0) is 68.1. The van der Waals surface area contributed by atoms with Gasteiger partial charge in [0.25, 0.3) is 23.6 Å². The SMILES string of the molecule is COc1ccc2c(OS(=O)(=O)Oc3cc(C(=O)N(C)CC(C)(C)COCC(C)(C)CN(N)/C=C(\N)CC(C)(C)COCC(C)(C)CN4C(=O)C=CC4=O)ccc3O[C@H]3CC(O)[C@@H](O)[C@@H](CO)O3)cc3c(c2c1)C(CCl)CN3C(=O)C1=Cc2cc(S(C)=O)ccc2CCC1. The second kappa shape index (κ2) is 29.6. The summed E-state index contributed by atoms with van der Waals surface area (Å²) >= 11 is 6.67. The van der Waals surface area contributed by atoms with Gasteiger partial charge in [0, 0.05) is 136 Å². The number of alkyl halides is 1. The minimum atomic E-state index is -5.22. The molecule has 0 aromatic heterocycles. The Morgan fingerprint density at radius 1 is 0.839 bits per heavy atom. The number of anilines is 1. The zero-order valence-corrected chi connectivity index (χ0v) is 57.2. The van der Waals surface area contributed by atoms with Gasteiger partial charge in [0.1, 0.15) is 18.0 Å². The van der Waals surface area contributed by atoms with Crippen LogP contribution in [0.1, 0.15) is 114 Å². The van der Waals surface area contributed by atoms with Gasteiger partial charge in [-0.25, -0.2) is 5.84 Å². The van der Waals surface area contributed by atoms with E-state index in [1.807, 2.05) is 79.7 Å². The lowest BCUT2D eigenvalue weighted by Gasteiger charge is -2.36. The first kappa shape index (κ1) is 72.2. The van der Waals surface area contributed by atoms with E-state index >= 15 is 0 Å². The maximum absolute atomic E-state index is 14.9. The number of nitrogens with zero attached hydrogens (tertiary/aromatic N) is 4. The summed E-state index contributed by atoms with van der Waals surface area (Å²) in [4.78, 5) is 58.4. The van der Waals surface area contributed by atoms with E-state index in [0.29, 0.717) is 89.4 Å². The van der Waals surface area contributed by atoms with Gasteiger partial charge < -0.3 is 67.9 Å². The molecule has 1 saturated heterocycles.